The number of anilines is 1. The van der Waals surface area contributed by atoms with Gasteiger partial charge in [0.05, 0.1) is 11.3 Å². The number of phenols is 1. The van der Waals surface area contributed by atoms with Gasteiger partial charge in [0.25, 0.3) is 6.01 Å². The number of piperidine rings is 1. The molecule has 0 unspecified atom stereocenters. The molecule has 1 atom stereocenters. The third kappa shape index (κ3) is 3.70. The maximum atomic E-state index is 14.2. The average Bonchev–Trinajstić information content (AvgIpc) is 3.02. The molecule has 0 bridgehead atoms. The van der Waals surface area contributed by atoms with Gasteiger partial charge in [0.1, 0.15) is 11.6 Å². The molecule has 6 nitrogen and oxygen atoms in total. The number of hydrogen-bond donors (Lipinski definition) is 2. The second-order valence-electron chi connectivity index (χ2n) is 6.70. The molecule has 0 saturated carbocycles. The number of aromatic nitrogens is 2. The summed E-state index contributed by atoms with van der Waals surface area (Å²) in [6.07, 6.45) is 2.18. The van der Waals surface area contributed by atoms with Gasteiger partial charge in [0.2, 0.25) is 5.65 Å². The van der Waals surface area contributed by atoms with Crippen molar-refractivity contribution in [1.29, 1.82) is 0 Å². The van der Waals surface area contributed by atoms with Crippen LogP contribution in [-0.4, -0.2) is 45.7 Å². The van der Waals surface area contributed by atoms with Gasteiger partial charge in [0, 0.05) is 17.6 Å². The number of fused-ring (bicyclic) bond motifs is 1. The zero-order valence-corrected chi connectivity index (χ0v) is 15.6. The van der Waals surface area contributed by atoms with Crippen LogP contribution in [0, 0.1) is 5.82 Å². The number of phenolic OH excluding ortho intramolecular Hbond substituents is 1. The topological polar surface area (TPSA) is 74.4 Å². The summed E-state index contributed by atoms with van der Waals surface area (Å²) in [7, 11) is 0. The molecular weight excluding hydrogens is 371 g/mol. The SMILES string of the molecule is CCN1CCC[C@@H](Nc2nc3nc(-c4c(O)cc(Cl)cc4F)ccc3o2)C1. The summed E-state index contributed by atoms with van der Waals surface area (Å²) >= 11 is 5.76. The second-order valence-corrected chi connectivity index (χ2v) is 7.13. The fraction of sp³-hybridized carbons (Fsp3) is 0.368. The van der Waals surface area contributed by atoms with Crippen molar-refractivity contribution in [1.82, 2.24) is 14.9 Å². The molecule has 27 heavy (non-hydrogen) atoms. The van der Waals surface area contributed by atoms with Crippen molar-refractivity contribution in [3.8, 4) is 17.0 Å². The Balaban J connectivity index is 1.61. The van der Waals surface area contributed by atoms with Gasteiger partial charge in [-0.15, -0.1) is 0 Å². The lowest BCUT2D eigenvalue weighted by atomic mass is 10.1. The highest BCUT2D eigenvalue weighted by atomic mass is 35.5. The average molecular weight is 391 g/mol. The van der Waals surface area contributed by atoms with Gasteiger partial charge in [-0.25, -0.2) is 9.37 Å². The molecule has 142 valence electrons. The van der Waals surface area contributed by atoms with Crippen LogP contribution in [0.1, 0.15) is 19.8 Å². The van der Waals surface area contributed by atoms with Gasteiger partial charge >= 0.3 is 0 Å². The van der Waals surface area contributed by atoms with Crippen molar-refractivity contribution in [2.75, 3.05) is 25.0 Å². The molecule has 2 N–H and O–H groups in total. The molecule has 2 aromatic heterocycles. The molecule has 0 spiro atoms. The Labute approximate surface area is 161 Å². The van der Waals surface area contributed by atoms with E-state index in [4.69, 9.17) is 16.0 Å². The van der Waals surface area contributed by atoms with Crippen molar-refractivity contribution in [3.05, 3.63) is 35.1 Å². The molecule has 1 aromatic carbocycles. The molecular formula is C19H20ClFN4O2. The summed E-state index contributed by atoms with van der Waals surface area (Å²) in [4.78, 5) is 11.1. The summed E-state index contributed by atoms with van der Waals surface area (Å²) in [5, 5.41) is 13.5. The largest absolute Gasteiger partial charge is 0.507 e. The molecule has 1 saturated heterocycles. The van der Waals surface area contributed by atoms with Crippen LogP contribution < -0.4 is 5.32 Å². The quantitative estimate of drug-likeness (QED) is 0.692. The number of pyridine rings is 1. The molecule has 1 aliphatic heterocycles. The second kappa shape index (κ2) is 7.32. The smallest absolute Gasteiger partial charge is 0.297 e. The van der Waals surface area contributed by atoms with Crippen molar-refractivity contribution >= 4 is 28.8 Å². The minimum absolute atomic E-state index is 0.00956. The van der Waals surface area contributed by atoms with E-state index >= 15 is 0 Å². The first-order valence-electron chi connectivity index (χ1n) is 8.98. The Morgan fingerprint density at radius 3 is 3.00 bits per heavy atom. The number of oxazole rings is 1. The molecule has 8 heteroatoms. The number of nitrogens with zero attached hydrogens (tertiary/aromatic N) is 3. The number of benzene rings is 1. The predicted octanol–water partition coefficient (Wildman–Crippen LogP) is 4.28. The third-order valence-corrected chi connectivity index (χ3v) is 5.04. The van der Waals surface area contributed by atoms with E-state index in [1.165, 1.54) is 6.07 Å². The lowest BCUT2D eigenvalue weighted by Crippen LogP contribution is -2.41. The van der Waals surface area contributed by atoms with E-state index in [0.717, 1.165) is 38.5 Å². The molecule has 0 amide bonds. The van der Waals surface area contributed by atoms with Gasteiger partial charge in [-0.3, -0.25) is 0 Å². The monoisotopic (exact) mass is 390 g/mol. The maximum Gasteiger partial charge on any atom is 0.297 e. The molecule has 0 aliphatic carbocycles. The number of nitrogens with one attached hydrogen (secondary N) is 1. The van der Waals surface area contributed by atoms with E-state index in [1.807, 2.05) is 0 Å². The third-order valence-electron chi connectivity index (χ3n) is 4.82. The van der Waals surface area contributed by atoms with Crippen molar-refractivity contribution in [2.24, 2.45) is 0 Å². The van der Waals surface area contributed by atoms with Crippen LogP contribution in [0.25, 0.3) is 22.5 Å². The van der Waals surface area contributed by atoms with E-state index in [2.05, 4.69) is 27.1 Å². The fourth-order valence-corrected chi connectivity index (χ4v) is 3.67. The van der Waals surface area contributed by atoms with Gasteiger partial charge in [-0.1, -0.05) is 18.5 Å². The van der Waals surface area contributed by atoms with Crippen LogP contribution in [0.15, 0.2) is 28.7 Å². The van der Waals surface area contributed by atoms with Gasteiger partial charge in [0.15, 0.2) is 5.58 Å². The highest BCUT2D eigenvalue weighted by Crippen LogP contribution is 2.34. The molecule has 1 aliphatic rings. The van der Waals surface area contributed by atoms with Gasteiger partial charge in [-0.2, -0.15) is 4.98 Å². The molecule has 1 fully saturated rings. The summed E-state index contributed by atoms with van der Waals surface area (Å²) in [5.74, 6) is -0.911. The number of likely N-dealkylation sites (tertiary alicyclic amines) is 1. The minimum atomic E-state index is -0.643. The zero-order chi connectivity index (χ0) is 19.0. The van der Waals surface area contributed by atoms with Crippen molar-refractivity contribution in [3.63, 3.8) is 0 Å². The molecule has 3 aromatic rings. The Morgan fingerprint density at radius 2 is 2.22 bits per heavy atom. The van der Waals surface area contributed by atoms with E-state index < -0.39 is 5.82 Å². The normalized spacial score (nSPS) is 18.1. The standard InChI is InChI=1S/C19H20ClFN4O2/c1-2-25-7-3-4-12(10-25)22-19-24-18-16(27-19)6-5-14(23-18)17-13(21)8-11(20)9-15(17)26/h5-6,8-9,12,26H,2-4,7,10H2,1H3,(H,22,23,24)/t12-/m1/s1. The number of rotatable bonds is 4. The Hall–Kier alpha value is -2.38. The molecule has 4 rings (SSSR count). The number of hydrogen-bond acceptors (Lipinski definition) is 6. The summed E-state index contributed by atoms with van der Waals surface area (Å²) in [6.45, 7) is 5.23. The first-order chi connectivity index (χ1) is 13.0. The number of likely N-dealkylation sites (N-methyl/N-ethyl adjacent to an activating group) is 1. The lowest BCUT2D eigenvalue weighted by Gasteiger charge is -2.31. The van der Waals surface area contributed by atoms with Crippen molar-refractivity contribution in [2.45, 2.75) is 25.8 Å². The van der Waals surface area contributed by atoms with E-state index in [9.17, 15) is 9.50 Å². The van der Waals surface area contributed by atoms with Crippen LogP contribution >= 0.6 is 11.6 Å². The van der Waals surface area contributed by atoms with Crippen LogP contribution in [-0.2, 0) is 0 Å². The zero-order valence-electron chi connectivity index (χ0n) is 14.9. The van der Waals surface area contributed by atoms with Gasteiger partial charge in [-0.05, 0) is 50.2 Å². The number of aromatic hydroxyl groups is 1. The van der Waals surface area contributed by atoms with E-state index in [1.54, 1.807) is 12.1 Å². The Bertz CT molecular complexity index is 954. The van der Waals surface area contributed by atoms with E-state index in [-0.39, 0.29) is 28.1 Å². The predicted molar refractivity (Wildman–Crippen MR) is 103 cm³/mol. The van der Waals surface area contributed by atoms with Gasteiger partial charge < -0.3 is 19.7 Å². The van der Waals surface area contributed by atoms with E-state index in [0.29, 0.717) is 17.2 Å². The van der Waals surface area contributed by atoms with Crippen molar-refractivity contribution < 1.29 is 13.9 Å². The Kier molecular flexibility index (Phi) is 4.88. The first-order valence-corrected chi connectivity index (χ1v) is 9.36. The number of halogens is 2. The minimum Gasteiger partial charge on any atom is -0.507 e. The molecule has 3 heterocycles. The van der Waals surface area contributed by atoms with Crippen LogP contribution in [0.3, 0.4) is 0 Å². The Morgan fingerprint density at radius 1 is 1.37 bits per heavy atom. The van der Waals surface area contributed by atoms with Crippen LogP contribution in [0.2, 0.25) is 5.02 Å². The fourth-order valence-electron chi connectivity index (χ4n) is 3.47. The highest BCUT2D eigenvalue weighted by Gasteiger charge is 2.21. The maximum absolute atomic E-state index is 14.2. The summed E-state index contributed by atoms with van der Waals surface area (Å²) in [6, 6.07) is 6.35. The summed E-state index contributed by atoms with van der Waals surface area (Å²) in [5.41, 5.74) is 1.11. The van der Waals surface area contributed by atoms with Crippen LogP contribution in [0.4, 0.5) is 10.4 Å². The van der Waals surface area contributed by atoms with Crippen LogP contribution in [0.5, 0.6) is 5.75 Å². The molecule has 0 radical (unpaired) electrons. The first kappa shape index (κ1) is 18.0. The highest BCUT2D eigenvalue weighted by molar-refractivity contribution is 6.30. The lowest BCUT2D eigenvalue weighted by molar-refractivity contribution is 0.225. The summed E-state index contributed by atoms with van der Waals surface area (Å²) < 4.78 is 20.0.